The minimum Gasteiger partial charge on any atom is -0.479 e. The molecule has 1 aliphatic heterocycles. The molecule has 220 valence electrons. The van der Waals surface area contributed by atoms with Gasteiger partial charge in [-0.25, -0.2) is 22.0 Å². The molecule has 0 fully saturated rings. The summed E-state index contributed by atoms with van der Waals surface area (Å²) < 4.78 is 64.3. The zero-order valence-corrected chi connectivity index (χ0v) is 25.3. The monoisotopic (exact) mass is 594 g/mol. The Kier molecular flexibility index (Phi) is 7.14. The van der Waals surface area contributed by atoms with Crippen molar-refractivity contribution < 1.29 is 31.8 Å². The van der Waals surface area contributed by atoms with Gasteiger partial charge in [-0.2, -0.15) is 0 Å². The molecule has 5 rings (SSSR count). The van der Waals surface area contributed by atoms with Crippen LogP contribution in [0, 0.1) is 32.4 Å². The summed E-state index contributed by atoms with van der Waals surface area (Å²) in [5, 5.41) is 11.4. The molecule has 0 spiro atoms. The van der Waals surface area contributed by atoms with Gasteiger partial charge in [-0.3, -0.25) is 9.29 Å². The van der Waals surface area contributed by atoms with E-state index in [4.69, 9.17) is 4.74 Å². The van der Waals surface area contributed by atoms with E-state index >= 15 is 8.78 Å². The molecule has 1 N–H and O–H groups in total. The van der Waals surface area contributed by atoms with Crippen LogP contribution in [0.5, 0.6) is 0 Å². The Hall–Kier alpha value is -3.89. The highest BCUT2D eigenvalue weighted by Gasteiger charge is 2.40. The number of carboxylic acid groups (broad SMARTS) is 1. The predicted molar refractivity (Wildman–Crippen MR) is 159 cm³/mol. The van der Waals surface area contributed by atoms with Gasteiger partial charge in [-0.1, -0.05) is 18.2 Å². The first-order valence-corrected chi connectivity index (χ1v) is 15.2. The number of hydrogen-bond donors (Lipinski definition) is 1. The Balaban J connectivity index is 2.03. The van der Waals surface area contributed by atoms with Crippen molar-refractivity contribution in [3.63, 3.8) is 0 Å². The van der Waals surface area contributed by atoms with Gasteiger partial charge in [0.05, 0.1) is 29.6 Å². The van der Waals surface area contributed by atoms with E-state index in [0.717, 1.165) is 33.6 Å². The summed E-state index contributed by atoms with van der Waals surface area (Å²) >= 11 is 0. The fraction of sp³-hybridized carbons (Fsp3) is 0.312. The number of halogens is 2. The molecule has 7 nitrogen and oxygen atoms in total. The minimum atomic E-state index is -4.02. The lowest BCUT2D eigenvalue weighted by Crippen LogP contribution is -2.35. The van der Waals surface area contributed by atoms with Crippen LogP contribution in [0.1, 0.15) is 54.7 Å². The number of rotatable bonds is 5. The number of aryl methyl sites for hydroxylation is 1. The first kappa shape index (κ1) is 29.6. The topological polar surface area (TPSA) is 96.8 Å². The maximum atomic E-state index is 15.6. The molecule has 42 heavy (non-hydrogen) atoms. The van der Waals surface area contributed by atoms with Crippen molar-refractivity contribution in [2.24, 2.45) is 0 Å². The summed E-state index contributed by atoms with van der Waals surface area (Å²) in [6.45, 7) is 9.88. The number of carbonyl (C=O) groups is 1. The predicted octanol–water partition coefficient (Wildman–Crippen LogP) is 6.99. The van der Waals surface area contributed by atoms with E-state index in [1.165, 1.54) is 0 Å². The number of aromatic nitrogens is 1. The van der Waals surface area contributed by atoms with Gasteiger partial charge in [0, 0.05) is 33.8 Å². The van der Waals surface area contributed by atoms with Gasteiger partial charge in [0.15, 0.2) is 6.10 Å². The average Bonchev–Trinajstić information content (AvgIpc) is 2.90. The number of sulfonamides is 1. The van der Waals surface area contributed by atoms with Crippen LogP contribution in [0.2, 0.25) is 0 Å². The standard InChI is InChI=1S/C32H32F2N2O5S/c1-16-20(11-10-19-9-8-14-35-28(16)19)24-17(2)25-27-21(22(33)12-13-23(27)34)15-36(42(7,39)40)29(25)18(3)26(24)30(31(37)38)41-32(4,5)6/h8-14,30H,15H2,1-7H3,(H,37,38)/t30-/m0/s1. The van der Waals surface area contributed by atoms with E-state index < -0.39 is 45.9 Å². The summed E-state index contributed by atoms with van der Waals surface area (Å²) in [5.74, 6) is -2.72. The molecular weight excluding hydrogens is 562 g/mol. The van der Waals surface area contributed by atoms with Crippen LogP contribution in [0.15, 0.2) is 42.6 Å². The smallest absolute Gasteiger partial charge is 0.337 e. The van der Waals surface area contributed by atoms with Crippen LogP contribution in [0.3, 0.4) is 0 Å². The molecule has 0 aliphatic carbocycles. The fourth-order valence-corrected chi connectivity index (χ4v) is 6.90. The third-order valence-corrected chi connectivity index (χ3v) is 8.79. The third-order valence-electron chi connectivity index (χ3n) is 7.68. The van der Waals surface area contributed by atoms with E-state index in [0.29, 0.717) is 22.2 Å². The van der Waals surface area contributed by atoms with Gasteiger partial charge < -0.3 is 9.84 Å². The molecule has 4 aromatic rings. The summed E-state index contributed by atoms with van der Waals surface area (Å²) in [7, 11) is -4.02. The Bertz CT molecular complexity index is 1900. The fourth-order valence-electron chi connectivity index (χ4n) is 5.97. The van der Waals surface area contributed by atoms with Crippen molar-refractivity contribution in [1.29, 1.82) is 0 Å². The zero-order valence-electron chi connectivity index (χ0n) is 24.5. The molecule has 0 radical (unpaired) electrons. The Morgan fingerprint density at radius 1 is 0.976 bits per heavy atom. The number of anilines is 1. The van der Waals surface area contributed by atoms with Crippen LogP contribution >= 0.6 is 0 Å². The van der Waals surface area contributed by atoms with E-state index in [-0.39, 0.29) is 33.5 Å². The van der Waals surface area contributed by atoms with E-state index in [2.05, 4.69) is 4.98 Å². The minimum absolute atomic E-state index is 0.0431. The lowest BCUT2D eigenvalue weighted by atomic mass is 9.79. The van der Waals surface area contributed by atoms with Crippen molar-refractivity contribution in [1.82, 2.24) is 4.98 Å². The molecular formula is C32H32F2N2O5S. The normalized spacial score (nSPS) is 14.1. The lowest BCUT2D eigenvalue weighted by Gasteiger charge is -2.37. The summed E-state index contributed by atoms with van der Waals surface area (Å²) in [5.41, 5.74) is 2.68. The first-order chi connectivity index (χ1) is 19.5. The van der Waals surface area contributed by atoms with E-state index in [1.54, 1.807) is 40.8 Å². The van der Waals surface area contributed by atoms with Gasteiger partial charge in [0.25, 0.3) is 0 Å². The number of aliphatic carboxylic acids is 1. The van der Waals surface area contributed by atoms with Gasteiger partial charge in [0.1, 0.15) is 11.6 Å². The first-order valence-electron chi connectivity index (χ1n) is 13.4. The van der Waals surface area contributed by atoms with Gasteiger partial charge in [-0.05, 0) is 87.6 Å². The molecule has 0 amide bonds. The number of benzene rings is 3. The van der Waals surface area contributed by atoms with E-state index in [1.807, 2.05) is 31.2 Å². The van der Waals surface area contributed by atoms with Crippen LogP contribution in [-0.2, 0) is 26.1 Å². The number of nitrogens with zero attached hydrogens (tertiary/aromatic N) is 2. The number of carboxylic acids is 1. The second-order valence-corrected chi connectivity index (χ2v) is 13.6. The van der Waals surface area contributed by atoms with Gasteiger partial charge >= 0.3 is 5.97 Å². The molecule has 0 bridgehead atoms. The third kappa shape index (κ3) is 4.82. The largest absolute Gasteiger partial charge is 0.479 e. The van der Waals surface area contributed by atoms with Crippen molar-refractivity contribution >= 4 is 32.6 Å². The number of ether oxygens (including phenoxy) is 1. The molecule has 3 aromatic carbocycles. The lowest BCUT2D eigenvalue weighted by molar-refractivity contribution is -0.160. The number of hydrogen-bond acceptors (Lipinski definition) is 5. The second kappa shape index (κ2) is 10.1. The maximum Gasteiger partial charge on any atom is 0.337 e. The Morgan fingerprint density at radius 3 is 2.26 bits per heavy atom. The molecule has 1 atom stereocenters. The summed E-state index contributed by atoms with van der Waals surface area (Å²) in [6, 6.07) is 9.42. The number of fused-ring (bicyclic) bond motifs is 4. The number of pyridine rings is 1. The maximum absolute atomic E-state index is 15.6. The SMILES string of the molecule is Cc1c(-c2ccc3cccnc3c2C)c([C@H](OC(C)(C)C)C(=O)O)c(C)c2c1-c1c(F)ccc(F)c1CN2S(C)(=O)=O. The summed E-state index contributed by atoms with van der Waals surface area (Å²) in [6.07, 6.45) is 1.13. The van der Waals surface area contributed by atoms with Crippen molar-refractivity contribution in [2.45, 2.75) is 59.8 Å². The van der Waals surface area contributed by atoms with Crippen molar-refractivity contribution in [3.05, 3.63) is 82.0 Å². The molecule has 0 saturated carbocycles. The summed E-state index contributed by atoms with van der Waals surface area (Å²) in [4.78, 5) is 17.4. The Labute approximate surface area is 243 Å². The van der Waals surface area contributed by atoms with Crippen molar-refractivity contribution in [3.8, 4) is 22.3 Å². The second-order valence-electron chi connectivity index (χ2n) is 11.7. The molecule has 1 aromatic heterocycles. The van der Waals surface area contributed by atoms with Gasteiger partial charge in [0.2, 0.25) is 10.0 Å². The zero-order chi connectivity index (χ0) is 30.9. The quantitative estimate of drug-likeness (QED) is 0.268. The molecule has 0 saturated heterocycles. The molecule has 10 heteroatoms. The van der Waals surface area contributed by atoms with Gasteiger partial charge in [-0.15, -0.1) is 0 Å². The average molecular weight is 595 g/mol. The molecule has 0 unspecified atom stereocenters. The van der Waals surface area contributed by atoms with Crippen molar-refractivity contribution in [2.75, 3.05) is 10.6 Å². The van der Waals surface area contributed by atoms with Crippen LogP contribution in [-0.4, -0.2) is 36.3 Å². The van der Waals surface area contributed by atoms with E-state index in [9.17, 15) is 18.3 Å². The highest BCUT2D eigenvalue weighted by atomic mass is 32.2. The highest BCUT2D eigenvalue weighted by Crippen LogP contribution is 2.53. The highest BCUT2D eigenvalue weighted by molar-refractivity contribution is 7.92. The molecule has 2 heterocycles. The van der Waals surface area contributed by atoms with Crippen LogP contribution in [0.25, 0.3) is 33.2 Å². The molecule has 1 aliphatic rings. The Morgan fingerprint density at radius 2 is 1.64 bits per heavy atom. The van der Waals surface area contributed by atoms with Crippen LogP contribution < -0.4 is 4.31 Å². The van der Waals surface area contributed by atoms with Crippen LogP contribution in [0.4, 0.5) is 14.5 Å².